The lowest BCUT2D eigenvalue weighted by Gasteiger charge is -2.17. The maximum absolute atomic E-state index is 5.39. The van der Waals surface area contributed by atoms with E-state index in [1.165, 1.54) is 26.0 Å². The molecule has 0 N–H and O–H groups in total. The minimum atomic E-state index is 0.784. The number of benzene rings is 2. The van der Waals surface area contributed by atoms with Crippen LogP contribution in [0.5, 0.6) is 11.5 Å². The summed E-state index contributed by atoms with van der Waals surface area (Å²) >= 11 is 4.25. The van der Waals surface area contributed by atoms with E-state index in [1.807, 2.05) is 17.8 Å². The number of ether oxygens (including phenoxy) is 2. The van der Waals surface area contributed by atoms with Crippen molar-refractivity contribution in [1.29, 1.82) is 0 Å². The van der Waals surface area contributed by atoms with Crippen LogP contribution in [0, 0.1) is 3.57 Å². The van der Waals surface area contributed by atoms with Gasteiger partial charge in [0.2, 0.25) is 0 Å². The van der Waals surface area contributed by atoms with Crippen molar-refractivity contribution in [1.82, 2.24) is 4.90 Å². The van der Waals surface area contributed by atoms with E-state index in [1.54, 1.807) is 14.2 Å². The summed E-state index contributed by atoms with van der Waals surface area (Å²) in [7, 11) is 5.55. The van der Waals surface area contributed by atoms with E-state index in [0.29, 0.717) is 0 Å². The minimum absolute atomic E-state index is 0.784. The first-order valence-corrected chi connectivity index (χ1v) is 11.1. The molecular weight excluding hydrogens is 457 g/mol. The molecule has 0 saturated heterocycles. The van der Waals surface area contributed by atoms with Crippen LogP contribution in [0.2, 0.25) is 0 Å². The van der Waals surface area contributed by atoms with Gasteiger partial charge in [-0.3, -0.25) is 0 Å². The van der Waals surface area contributed by atoms with Gasteiger partial charge in [-0.25, -0.2) is 0 Å². The second kappa shape index (κ2) is 11.0. The third-order valence-corrected chi connectivity index (χ3v) is 6.25. The monoisotopic (exact) mass is 485 g/mol. The topological polar surface area (TPSA) is 21.7 Å². The molecule has 0 fully saturated rings. The molecule has 0 atom stereocenters. The summed E-state index contributed by atoms with van der Waals surface area (Å²) in [5, 5.41) is 0. The maximum Gasteiger partial charge on any atom is 0.160 e. The van der Waals surface area contributed by atoms with Crippen molar-refractivity contribution in [2.75, 3.05) is 40.6 Å². The molecule has 142 valence electrons. The largest absolute Gasteiger partial charge is 0.493 e. The van der Waals surface area contributed by atoms with Crippen molar-refractivity contribution < 1.29 is 9.47 Å². The van der Waals surface area contributed by atoms with Crippen LogP contribution in [0.25, 0.3) is 0 Å². The van der Waals surface area contributed by atoms with E-state index >= 15 is 0 Å². The molecule has 0 radical (unpaired) electrons. The summed E-state index contributed by atoms with van der Waals surface area (Å²) in [4.78, 5) is 3.75. The van der Waals surface area contributed by atoms with Gasteiger partial charge in [0.25, 0.3) is 0 Å². The van der Waals surface area contributed by atoms with E-state index in [-0.39, 0.29) is 0 Å². The Bertz CT molecular complexity index is 708. The lowest BCUT2D eigenvalue weighted by atomic mass is 10.1. The Labute approximate surface area is 175 Å². The van der Waals surface area contributed by atoms with Crippen LogP contribution in [0.3, 0.4) is 0 Å². The molecule has 0 aliphatic rings. The van der Waals surface area contributed by atoms with Crippen LogP contribution in [0.1, 0.15) is 17.5 Å². The molecule has 0 amide bonds. The van der Waals surface area contributed by atoms with Gasteiger partial charge in [-0.15, -0.1) is 11.8 Å². The molecule has 0 aromatic heterocycles. The number of likely N-dealkylation sites (N-methyl/N-ethyl adjacent to an activating group) is 1. The summed E-state index contributed by atoms with van der Waals surface area (Å²) in [6.45, 7) is 2.14. The lowest BCUT2D eigenvalue weighted by Crippen LogP contribution is -2.23. The molecule has 5 heteroatoms. The highest BCUT2D eigenvalue weighted by molar-refractivity contribution is 14.1. The Morgan fingerprint density at radius 2 is 1.73 bits per heavy atom. The molecule has 0 aliphatic carbocycles. The van der Waals surface area contributed by atoms with Gasteiger partial charge < -0.3 is 14.4 Å². The van der Waals surface area contributed by atoms with Gasteiger partial charge in [-0.2, -0.15) is 0 Å². The Morgan fingerprint density at radius 3 is 2.42 bits per heavy atom. The Hall–Kier alpha value is -0.920. The predicted molar refractivity (Wildman–Crippen MR) is 120 cm³/mol. The van der Waals surface area contributed by atoms with Crippen molar-refractivity contribution in [3.05, 3.63) is 51.1 Å². The van der Waals surface area contributed by atoms with Gasteiger partial charge in [0.05, 0.1) is 14.2 Å². The van der Waals surface area contributed by atoms with Crippen LogP contribution >= 0.6 is 34.4 Å². The van der Waals surface area contributed by atoms with Gasteiger partial charge in [-0.05, 0) is 103 Å². The SMILES string of the molecule is COc1ccc(CCN(C)CCCc2cc(SC)ccc2I)cc1OC. The molecular formula is C21H28INO2S. The first-order valence-electron chi connectivity index (χ1n) is 8.79. The van der Waals surface area contributed by atoms with Gasteiger partial charge in [-0.1, -0.05) is 6.07 Å². The first-order chi connectivity index (χ1) is 12.6. The zero-order chi connectivity index (χ0) is 18.9. The number of halogens is 1. The summed E-state index contributed by atoms with van der Waals surface area (Å²) in [6.07, 6.45) is 5.45. The standard InChI is InChI=1S/C21H28INO2S/c1-23(12-5-6-17-15-18(26-4)8-9-19(17)22)13-11-16-7-10-20(24-2)21(14-16)25-3/h7-10,14-15H,5-6,11-13H2,1-4H3. The summed E-state index contributed by atoms with van der Waals surface area (Å²) in [5.41, 5.74) is 2.74. The number of hydrogen-bond acceptors (Lipinski definition) is 4. The number of nitrogens with zero attached hydrogens (tertiary/aromatic N) is 1. The highest BCUT2D eigenvalue weighted by Gasteiger charge is 2.07. The quantitative estimate of drug-likeness (QED) is 0.343. The summed E-state index contributed by atoms with van der Waals surface area (Å²) in [5.74, 6) is 1.59. The number of methoxy groups -OCH3 is 2. The smallest absolute Gasteiger partial charge is 0.160 e. The maximum atomic E-state index is 5.39. The molecule has 0 heterocycles. The molecule has 2 aromatic carbocycles. The van der Waals surface area contributed by atoms with E-state index < -0.39 is 0 Å². The van der Waals surface area contributed by atoms with Crippen LogP contribution < -0.4 is 9.47 Å². The van der Waals surface area contributed by atoms with Crippen LogP contribution in [-0.4, -0.2) is 45.5 Å². The predicted octanol–water partition coefficient (Wildman–Crippen LogP) is 5.14. The molecule has 2 aromatic rings. The molecule has 3 nitrogen and oxygen atoms in total. The van der Waals surface area contributed by atoms with Crippen molar-refractivity contribution in [3.8, 4) is 11.5 Å². The third-order valence-electron chi connectivity index (χ3n) is 4.47. The second-order valence-electron chi connectivity index (χ2n) is 6.30. The van der Waals surface area contributed by atoms with Gasteiger partial charge >= 0.3 is 0 Å². The van der Waals surface area contributed by atoms with E-state index in [9.17, 15) is 0 Å². The second-order valence-corrected chi connectivity index (χ2v) is 8.35. The molecule has 0 unspecified atom stereocenters. The normalized spacial score (nSPS) is 11.0. The zero-order valence-corrected chi connectivity index (χ0v) is 19.0. The molecule has 26 heavy (non-hydrogen) atoms. The fraction of sp³-hybridized carbons (Fsp3) is 0.429. The zero-order valence-electron chi connectivity index (χ0n) is 16.0. The Balaban J connectivity index is 1.80. The van der Waals surface area contributed by atoms with E-state index in [0.717, 1.165) is 37.4 Å². The molecule has 0 bridgehead atoms. The number of aryl methyl sites for hydroxylation is 1. The fourth-order valence-corrected chi connectivity index (χ4v) is 3.95. The average molecular weight is 485 g/mol. The van der Waals surface area contributed by atoms with Gasteiger partial charge in [0, 0.05) is 15.0 Å². The summed E-state index contributed by atoms with van der Waals surface area (Å²) in [6, 6.07) is 12.9. The number of hydrogen-bond donors (Lipinski definition) is 0. The van der Waals surface area contributed by atoms with Crippen LogP contribution in [0.4, 0.5) is 0 Å². The first kappa shape index (κ1) is 21.4. The fourth-order valence-electron chi connectivity index (χ4n) is 2.88. The molecule has 0 spiro atoms. The Kier molecular flexibility index (Phi) is 9.08. The van der Waals surface area contributed by atoms with Crippen LogP contribution in [0.15, 0.2) is 41.3 Å². The van der Waals surface area contributed by atoms with E-state index in [2.05, 4.69) is 71.1 Å². The number of thioether (sulfide) groups is 1. The highest BCUT2D eigenvalue weighted by atomic mass is 127. The van der Waals surface area contributed by atoms with Gasteiger partial charge in [0.1, 0.15) is 0 Å². The van der Waals surface area contributed by atoms with Gasteiger partial charge in [0.15, 0.2) is 11.5 Å². The minimum Gasteiger partial charge on any atom is -0.493 e. The summed E-state index contributed by atoms with van der Waals surface area (Å²) < 4.78 is 12.1. The van der Waals surface area contributed by atoms with E-state index in [4.69, 9.17) is 9.47 Å². The average Bonchev–Trinajstić information content (AvgIpc) is 2.67. The van der Waals surface area contributed by atoms with Crippen molar-refractivity contribution in [3.63, 3.8) is 0 Å². The van der Waals surface area contributed by atoms with Crippen molar-refractivity contribution >= 4 is 34.4 Å². The molecule has 0 saturated carbocycles. The Morgan fingerprint density at radius 1 is 0.962 bits per heavy atom. The highest BCUT2D eigenvalue weighted by Crippen LogP contribution is 2.27. The van der Waals surface area contributed by atoms with Crippen molar-refractivity contribution in [2.45, 2.75) is 24.2 Å². The number of rotatable bonds is 10. The lowest BCUT2D eigenvalue weighted by molar-refractivity contribution is 0.332. The van der Waals surface area contributed by atoms with Crippen LogP contribution in [-0.2, 0) is 12.8 Å². The van der Waals surface area contributed by atoms with Crippen molar-refractivity contribution in [2.24, 2.45) is 0 Å². The molecule has 2 rings (SSSR count). The molecule has 0 aliphatic heterocycles. The third kappa shape index (κ3) is 6.35.